The summed E-state index contributed by atoms with van der Waals surface area (Å²) in [6.45, 7) is 2.58. The van der Waals surface area contributed by atoms with Crippen LogP contribution in [0.5, 0.6) is 0 Å². The summed E-state index contributed by atoms with van der Waals surface area (Å²) in [6, 6.07) is 0. The molecule has 1 N–H and O–H groups in total. The van der Waals surface area contributed by atoms with E-state index in [1.165, 1.54) is 25.7 Å². The van der Waals surface area contributed by atoms with Gasteiger partial charge in [0, 0.05) is 13.5 Å². The van der Waals surface area contributed by atoms with E-state index in [1.54, 1.807) is 6.92 Å². The maximum atomic E-state index is 10.9. The monoisotopic (exact) mass is 193 g/mol. The fourth-order valence-electron chi connectivity index (χ4n) is 4.35. The van der Waals surface area contributed by atoms with Crippen molar-refractivity contribution in [3.63, 3.8) is 0 Å². The number of nitrogens with one attached hydrogen (secondary N) is 1. The minimum atomic E-state index is 0.140. The normalized spacial score (nSPS) is 48.5. The number of carbonyl (C=O) groups excluding carboxylic acids is 1. The van der Waals surface area contributed by atoms with Crippen LogP contribution in [-0.2, 0) is 4.79 Å². The van der Waals surface area contributed by atoms with Crippen LogP contribution in [0.3, 0.4) is 0 Å². The third-order valence-electron chi connectivity index (χ3n) is 4.91. The van der Waals surface area contributed by atoms with E-state index in [9.17, 15) is 4.79 Å². The van der Waals surface area contributed by atoms with Gasteiger partial charge in [-0.05, 0) is 48.9 Å². The fraction of sp³-hybridized carbons (Fsp3) is 0.917. The fourth-order valence-corrected chi connectivity index (χ4v) is 4.35. The van der Waals surface area contributed by atoms with Crippen molar-refractivity contribution >= 4 is 5.91 Å². The van der Waals surface area contributed by atoms with E-state index in [4.69, 9.17) is 0 Å². The van der Waals surface area contributed by atoms with Crippen LogP contribution < -0.4 is 5.32 Å². The zero-order valence-corrected chi connectivity index (χ0v) is 8.83. The SMILES string of the molecule is CC(=O)NCC1C2CCC3CC2C1C3. The van der Waals surface area contributed by atoms with Gasteiger partial charge in [-0.15, -0.1) is 0 Å². The Kier molecular flexibility index (Phi) is 1.86. The number of hydrogen-bond acceptors (Lipinski definition) is 1. The molecule has 0 aromatic heterocycles. The molecule has 3 aliphatic rings. The Morgan fingerprint density at radius 1 is 1.21 bits per heavy atom. The molecule has 5 atom stereocenters. The van der Waals surface area contributed by atoms with Gasteiger partial charge in [-0.25, -0.2) is 0 Å². The van der Waals surface area contributed by atoms with Crippen molar-refractivity contribution in [2.45, 2.75) is 32.6 Å². The molecule has 1 amide bonds. The molecule has 3 aliphatic carbocycles. The quantitative estimate of drug-likeness (QED) is 0.712. The Labute approximate surface area is 85.4 Å². The summed E-state index contributed by atoms with van der Waals surface area (Å²) in [5, 5.41) is 3.00. The number of rotatable bonds is 2. The number of hydrogen-bond donors (Lipinski definition) is 1. The molecular formula is C12H19NO. The van der Waals surface area contributed by atoms with E-state index in [0.29, 0.717) is 0 Å². The van der Waals surface area contributed by atoms with Crippen molar-refractivity contribution in [2.24, 2.45) is 29.6 Å². The molecule has 2 heteroatoms. The standard InChI is InChI=1S/C12H19NO/c1-7(14)13-6-12-9-3-2-8-4-10(9)11(12)5-8/h8-12H,2-6H2,1H3,(H,13,14). The third kappa shape index (κ3) is 1.12. The van der Waals surface area contributed by atoms with E-state index >= 15 is 0 Å². The van der Waals surface area contributed by atoms with E-state index < -0.39 is 0 Å². The van der Waals surface area contributed by atoms with Crippen molar-refractivity contribution in [2.75, 3.05) is 6.54 Å². The van der Waals surface area contributed by atoms with Gasteiger partial charge in [0.1, 0.15) is 0 Å². The molecule has 0 saturated heterocycles. The van der Waals surface area contributed by atoms with Gasteiger partial charge in [0.15, 0.2) is 0 Å². The van der Waals surface area contributed by atoms with Crippen LogP contribution in [0.25, 0.3) is 0 Å². The van der Waals surface area contributed by atoms with Crippen LogP contribution in [-0.4, -0.2) is 12.5 Å². The van der Waals surface area contributed by atoms with E-state index in [0.717, 1.165) is 36.1 Å². The molecule has 14 heavy (non-hydrogen) atoms. The molecule has 5 unspecified atom stereocenters. The second kappa shape index (κ2) is 2.98. The molecule has 0 aromatic carbocycles. The average molecular weight is 193 g/mol. The number of amides is 1. The highest BCUT2D eigenvalue weighted by atomic mass is 16.1. The second-order valence-electron chi connectivity index (χ2n) is 5.51. The first-order valence-corrected chi connectivity index (χ1v) is 6.00. The lowest BCUT2D eigenvalue weighted by atomic mass is 9.56. The summed E-state index contributed by atoms with van der Waals surface area (Å²) >= 11 is 0. The highest BCUT2D eigenvalue weighted by molar-refractivity contribution is 5.72. The molecule has 2 bridgehead atoms. The highest BCUT2D eigenvalue weighted by Gasteiger charge is 2.56. The Hall–Kier alpha value is -0.530. The predicted molar refractivity (Wildman–Crippen MR) is 54.6 cm³/mol. The van der Waals surface area contributed by atoms with Gasteiger partial charge in [0.2, 0.25) is 5.91 Å². The van der Waals surface area contributed by atoms with Gasteiger partial charge in [-0.3, -0.25) is 4.79 Å². The highest BCUT2D eigenvalue weighted by Crippen LogP contribution is 2.63. The molecule has 0 aliphatic heterocycles. The Bertz CT molecular complexity index is 257. The van der Waals surface area contributed by atoms with E-state index in [2.05, 4.69) is 5.32 Å². The summed E-state index contributed by atoms with van der Waals surface area (Å²) in [5.74, 6) is 5.00. The lowest BCUT2D eigenvalue weighted by Crippen LogP contribution is -2.49. The first-order chi connectivity index (χ1) is 6.75. The zero-order chi connectivity index (χ0) is 9.71. The lowest BCUT2D eigenvalue weighted by Gasteiger charge is -2.50. The zero-order valence-electron chi connectivity index (χ0n) is 8.83. The minimum Gasteiger partial charge on any atom is -0.356 e. The molecule has 0 heterocycles. The predicted octanol–water partition coefficient (Wildman–Crippen LogP) is 1.80. The minimum absolute atomic E-state index is 0.140. The summed E-state index contributed by atoms with van der Waals surface area (Å²) in [6.07, 6.45) is 5.88. The van der Waals surface area contributed by atoms with Crippen LogP contribution in [0, 0.1) is 29.6 Å². The van der Waals surface area contributed by atoms with Gasteiger partial charge in [0.05, 0.1) is 0 Å². The molecule has 0 aromatic rings. The molecule has 3 rings (SSSR count). The topological polar surface area (TPSA) is 29.1 Å². The Morgan fingerprint density at radius 3 is 2.79 bits per heavy atom. The third-order valence-corrected chi connectivity index (χ3v) is 4.91. The first-order valence-electron chi connectivity index (χ1n) is 6.00. The molecule has 2 nitrogen and oxygen atoms in total. The van der Waals surface area contributed by atoms with Gasteiger partial charge in [0.25, 0.3) is 0 Å². The van der Waals surface area contributed by atoms with Gasteiger partial charge < -0.3 is 5.32 Å². The lowest BCUT2D eigenvalue weighted by molar-refractivity contribution is -0.120. The Balaban J connectivity index is 1.64. The van der Waals surface area contributed by atoms with E-state index in [-0.39, 0.29) is 5.91 Å². The average Bonchev–Trinajstić information content (AvgIpc) is 2.32. The molecule has 3 fully saturated rings. The number of fused-ring (bicyclic) bond motifs is 1. The van der Waals surface area contributed by atoms with Gasteiger partial charge >= 0.3 is 0 Å². The van der Waals surface area contributed by atoms with Crippen LogP contribution in [0.4, 0.5) is 0 Å². The second-order valence-corrected chi connectivity index (χ2v) is 5.51. The molecule has 0 spiro atoms. The van der Waals surface area contributed by atoms with Crippen LogP contribution in [0.1, 0.15) is 32.6 Å². The molecular weight excluding hydrogens is 174 g/mol. The van der Waals surface area contributed by atoms with Crippen molar-refractivity contribution in [1.29, 1.82) is 0 Å². The smallest absolute Gasteiger partial charge is 0.216 e. The van der Waals surface area contributed by atoms with Gasteiger partial charge in [-0.1, -0.05) is 6.42 Å². The van der Waals surface area contributed by atoms with Crippen molar-refractivity contribution in [1.82, 2.24) is 5.32 Å². The van der Waals surface area contributed by atoms with Crippen molar-refractivity contribution in [3.8, 4) is 0 Å². The summed E-state index contributed by atoms with van der Waals surface area (Å²) in [7, 11) is 0. The number of carbonyl (C=O) groups is 1. The summed E-state index contributed by atoms with van der Waals surface area (Å²) in [5.41, 5.74) is 0. The maximum Gasteiger partial charge on any atom is 0.216 e. The van der Waals surface area contributed by atoms with Crippen molar-refractivity contribution in [3.05, 3.63) is 0 Å². The largest absolute Gasteiger partial charge is 0.356 e. The summed E-state index contributed by atoms with van der Waals surface area (Å²) < 4.78 is 0. The van der Waals surface area contributed by atoms with Crippen LogP contribution in [0.2, 0.25) is 0 Å². The van der Waals surface area contributed by atoms with Crippen LogP contribution in [0.15, 0.2) is 0 Å². The van der Waals surface area contributed by atoms with Crippen LogP contribution >= 0.6 is 0 Å². The molecule has 78 valence electrons. The summed E-state index contributed by atoms with van der Waals surface area (Å²) in [4.78, 5) is 10.9. The molecule has 0 radical (unpaired) electrons. The molecule has 3 saturated carbocycles. The Morgan fingerprint density at radius 2 is 2.00 bits per heavy atom. The first kappa shape index (κ1) is 8.75. The van der Waals surface area contributed by atoms with Crippen molar-refractivity contribution < 1.29 is 4.79 Å². The van der Waals surface area contributed by atoms with Gasteiger partial charge in [-0.2, -0.15) is 0 Å². The van der Waals surface area contributed by atoms with E-state index in [1.807, 2.05) is 0 Å². The maximum absolute atomic E-state index is 10.9.